The number of hydrogen-bond acceptors (Lipinski definition) is 11. The van der Waals surface area contributed by atoms with Crippen LogP contribution in [0.4, 0.5) is 0 Å². The van der Waals surface area contributed by atoms with Gasteiger partial charge in [-0.05, 0) is 54.1 Å². The summed E-state index contributed by atoms with van der Waals surface area (Å²) in [6.45, 7) is -0.641. The van der Waals surface area contributed by atoms with Crippen LogP contribution < -0.4 is 14.9 Å². The molecule has 0 radical (unpaired) electrons. The normalized spacial score (nSPS) is 22.6. The Morgan fingerprint density at radius 1 is 0.950 bits per heavy atom. The molecule has 208 valence electrons. The standard InChI is InChI=1S/C29H26O11/c1-36-18-8-4-15(5-9-18)21-14-37-22-12-19(10-11-20(22)24(21)32)38-29-27(26(34)25(33)23(13-30)39-29)40-28(35)16-2-6-17(31)7-3-16/h2-12,14,23,25-27,29-31,33-34H,13H2,1H3/t23-,25-,26+,27-,29-/m1/s1. The van der Waals surface area contributed by atoms with Crippen LogP contribution in [0.5, 0.6) is 17.2 Å². The molecule has 0 bridgehead atoms. The van der Waals surface area contributed by atoms with Crippen LogP contribution in [0.1, 0.15) is 10.4 Å². The van der Waals surface area contributed by atoms with Crippen molar-refractivity contribution in [2.75, 3.05) is 13.7 Å². The Hall–Kier alpha value is -4.42. The lowest BCUT2D eigenvalue weighted by atomic mass is 9.99. The van der Waals surface area contributed by atoms with Crippen molar-refractivity contribution in [2.24, 2.45) is 0 Å². The van der Waals surface area contributed by atoms with Crippen molar-refractivity contribution in [3.8, 4) is 28.4 Å². The number of aromatic hydroxyl groups is 1. The molecule has 5 atom stereocenters. The second kappa shape index (κ2) is 11.4. The van der Waals surface area contributed by atoms with Crippen LogP contribution in [-0.2, 0) is 9.47 Å². The van der Waals surface area contributed by atoms with Crippen LogP contribution >= 0.6 is 0 Å². The topological polar surface area (TPSA) is 165 Å². The molecule has 11 nitrogen and oxygen atoms in total. The van der Waals surface area contributed by atoms with Gasteiger partial charge in [-0.25, -0.2) is 4.79 Å². The van der Waals surface area contributed by atoms with Crippen LogP contribution in [0.3, 0.4) is 0 Å². The van der Waals surface area contributed by atoms with Crippen molar-refractivity contribution in [3.63, 3.8) is 0 Å². The van der Waals surface area contributed by atoms with Crippen LogP contribution in [0.15, 0.2) is 82.2 Å². The van der Waals surface area contributed by atoms with Crippen molar-refractivity contribution < 1.29 is 48.6 Å². The molecule has 0 saturated carbocycles. The number of fused-ring (bicyclic) bond motifs is 1. The van der Waals surface area contributed by atoms with E-state index >= 15 is 0 Å². The summed E-state index contributed by atoms with van der Waals surface area (Å²) in [5.41, 5.74) is 0.999. The summed E-state index contributed by atoms with van der Waals surface area (Å²) in [5, 5.41) is 40.4. The lowest BCUT2D eigenvalue weighted by molar-refractivity contribution is -0.276. The molecular weight excluding hydrogens is 524 g/mol. The van der Waals surface area contributed by atoms with E-state index in [-0.39, 0.29) is 33.5 Å². The third kappa shape index (κ3) is 5.36. The Kier molecular flexibility index (Phi) is 7.71. The van der Waals surface area contributed by atoms with Crippen molar-refractivity contribution in [3.05, 3.63) is 88.8 Å². The van der Waals surface area contributed by atoms with Gasteiger partial charge < -0.3 is 43.8 Å². The first-order valence-corrected chi connectivity index (χ1v) is 12.3. The van der Waals surface area contributed by atoms with Gasteiger partial charge in [-0.15, -0.1) is 0 Å². The number of phenols is 1. The summed E-state index contributed by atoms with van der Waals surface area (Å²) in [5.74, 6) is -0.136. The molecular formula is C29H26O11. The second-order valence-electron chi connectivity index (χ2n) is 9.11. The van der Waals surface area contributed by atoms with Crippen LogP contribution in [0.2, 0.25) is 0 Å². The molecule has 4 aromatic rings. The molecule has 3 aromatic carbocycles. The average molecular weight is 551 g/mol. The number of ether oxygens (including phenoxy) is 4. The van der Waals surface area contributed by atoms with E-state index in [0.717, 1.165) is 0 Å². The zero-order valence-electron chi connectivity index (χ0n) is 21.2. The van der Waals surface area contributed by atoms with E-state index in [1.165, 1.54) is 48.7 Å². The number of carbonyl (C=O) groups is 1. The first kappa shape index (κ1) is 27.2. The molecule has 0 spiro atoms. The number of benzene rings is 3. The van der Waals surface area contributed by atoms with Gasteiger partial charge in [0.2, 0.25) is 6.29 Å². The fourth-order valence-electron chi connectivity index (χ4n) is 4.35. The van der Waals surface area contributed by atoms with Gasteiger partial charge in [-0.2, -0.15) is 0 Å². The molecule has 5 rings (SSSR count). The molecule has 0 amide bonds. The van der Waals surface area contributed by atoms with Gasteiger partial charge in [0.15, 0.2) is 11.5 Å². The SMILES string of the molecule is COc1ccc(-c2coc3cc(O[C@@H]4O[C@H](CO)[C@@H](O)[C@H](O)[C@H]4OC(=O)c4ccc(O)cc4)ccc3c2=O)cc1. The maximum atomic E-state index is 13.2. The molecule has 1 aliphatic rings. The predicted octanol–water partition coefficient (Wildman–Crippen LogP) is 2.22. The smallest absolute Gasteiger partial charge is 0.338 e. The van der Waals surface area contributed by atoms with Gasteiger partial charge in [0.25, 0.3) is 0 Å². The number of esters is 1. The van der Waals surface area contributed by atoms with Gasteiger partial charge in [0, 0.05) is 6.07 Å². The number of rotatable bonds is 7. The lowest BCUT2D eigenvalue weighted by Crippen LogP contribution is -2.61. The highest BCUT2D eigenvalue weighted by Crippen LogP contribution is 2.30. The van der Waals surface area contributed by atoms with E-state index in [1.807, 2.05) is 0 Å². The highest BCUT2D eigenvalue weighted by atomic mass is 16.7. The molecule has 40 heavy (non-hydrogen) atoms. The molecule has 1 aromatic heterocycles. The zero-order chi connectivity index (χ0) is 28.4. The summed E-state index contributed by atoms with van der Waals surface area (Å²) < 4.78 is 27.8. The minimum atomic E-state index is -1.66. The Bertz CT molecular complexity index is 1550. The van der Waals surface area contributed by atoms with E-state index in [0.29, 0.717) is 16.9 Å². The zero-order valence-corrected chi connectivity index (χ0v) is 21.2. The number of aliphatic hydroxyl groups excluding tert-OH is 3. The molecule has 2 heterocycles. The number of aliphatic hydroxyl groups is 3. The first-order chi connectivity index (χ1) is 19.3. The molecule has 0 aliphatic carbocycles. The minimum Gasteiger partial charge on any atom is -0.508 e. The third-order valence-electron chi connectivity index (χ3n) is 6.57. The van der Waals surface area contributed by atoms with Gasteiger partial charge in [-0.3, -0.25) is 4.79 Å². The summed E-state index contributed by atoms with van der Waals surface area (Å²) in [6, 6.07) is 16.6. The molecule has 4 N–H and O–H groups in total. The van der Waals surface area contributed by atoms with E-state index in [2.05, 4.69) is 0 Å². The number of hydrogen-bond donors (Lipinski definition) is 4. The Balaban J connectivity index is 1.41. The molecule has 1 fully saturated rings. The number of carbonyl (C=O) groups excluding carboxylic acids is 1. The molecule has 0 unspecified atom stereocenters. The van der Waals surface area contributed by atoms with Crippen molar-refractivity contribution in [1.29, 1.82) is 0 Å². The number of methoxy groups -OCH3 is 1. The highest BCUT2D eigenvalue weighted by molar-refractivity contribution is 5.89. The van der Waals surface area contributed by atoms with Gasteiger partial charge in [-0.1, -0.05) is 12.1 Å². The molecule has 11 heteroatoms. The molecule has 1 aliphatic heterocycles. The Morgan fingerprint density at radius 2 is 1.65 bits per heavy atom. The van der Waals surface area contributed by atoms with Crippen molar-refractivity contribution >= 4 is 16.9 Å². The minimum absolute atomic E-state index is 0.0564. The fraction of sp³-hybridized carbons (Fsp3) is 0.241. The molecule has 1 saturated heterocycles. The fourth-order valence-corrected chi connectivity index (χ4v) is 4.35. The number of phenolic OH excluding ortho intramolecular Hbond substituents is 1. The third-order valence-corrected chi connectivity index (χ3v) is 6.57. The maximum absolute atomic E-state index is 13.2. The predicted molar refractivity (Wildman–Crippen MR) is 140 cm³/mol. The van der Waals surface area contributed by atoms with E-state index < -0.39 is 43.3 Å². The largest absolute Gasteiger partial charge is 0.508 e. The van der Waals surface area contributed by atoms with Crippen molar-refractivity contribution in [2.45, 2.75) is 30.7 Å². The monoisotopic (exact) mass is 550 g/mol. The van der Waals surface area contributed by atoms with E-state index in [9.17, 15) is 30.0 Å². The summed E-state index contributed by atoms with van der Waals surface area (Å²) in [7, 11) is 1.55. The Morgan fingerprint density at radius 3 is 2.33 bits per heavy atom. The lowest BCUT2D eigenvalue weighted by Gasteiger charge is -2.41. The summed E-state index contributed by atoms with van der Waals surface area (Å²) >= 11 is 0. The van der Waals surface area contributed by atoms with Crippen LogP contribution in [-0.4, -0.2) is 70.8 Å². The highest BCUT2D eigenvalue weighted by Gasteiger charge is 2.48. The van der Waals surface area contributed by atoms with Crippen molar-refractivity contribution in [1.82, 2.24) is 0 Å². The van der Waals surface area contributed by atoms with E-state index in [1.54, 1.807) is 31.4 Å². The maximum Gasteiger partial charge on any atom is 0.338 e. The average Bonchev–Trinajstić information content (AvgIpc) is 2.97. The van der Waals surface area contributed by atoms with Gasteiger partial charge >= 0.3 is 5.97 Å². The Labute approximate surface area is 227 Å². The first-order valence-electron chi connectivity index (χ1n) is 12.3. The van der Waals surface area contributed by atoms with Crippen LogP contribution in [0, 0.1) is 0 Å². The van der Waals surface area contributed by atoms with Crippen LogP contribution in [0.25, 0.3) is 22.1 Å². The summed E-state index contributed by atoms with van der Waals surface area (Å²) in [6.07, 6.45) is -6.08. The second-order valence-corrected chi connectivity index (χ2v) is 9.11. The quantitative estimate of drug-likeness (QED) is 0.249. The van der Waals surface area contributed by atoms with Gasteiger partial charge in [0.1, 0.15) is 47.4 Å². The van der Waals surface area contributed by atoms with E-state index in [4.69, 9.17) is 23.4 Å². The summed E-state index contributed by atoms with van der Waals surface area (Å²) in [4.78, 5) is 25.9. The van der Waals surface area contributed by atoms with Gasteiger partial charge in [0.05, 0.1) is 30.2 Å².